The average Bonchev–Trinajstić information content (AvgIpc) is 2.42. The Balaban J connectivity index is 1.88. The molecule has 1 heteroatoms. The van der Waals surface area contributed by atoms with E-state index < -0.39 is 0 Å². The van der Waals surface area contributed by atoms with Crippen LogP contribution in [0.3, 0.4) is 0 Å². The summed E-state index contributed by atoms with van der Waals surface area (Å²) in [7, 11) is 2.17. The van der Waals surface area contributed by atoms with Crippen LogP contribution in [0.5, 0.6) is 0 Å². The van der Waals surface area contributed by atoms with Gasteiger partial charge in [0.15, 0.2) is 0 Å². The molecule has 0 radical (unpaired) electrons. The summed E-state index contributed by atoms with van der Waals surface area (Å²) in [4.78, 5) is 2.32. The van der Waals surface area contributed by atoms with Crippen LogP contribution < -0.4 is 0 Å². The third kappa shape index (κ3) is 1.40. The van der Waals surface area contributed by atoms with Crippen LogP contribution in [0.25, 0.3) is 0 Å². The van der Waals surface area contributed by atoms with Gasteiger partial charge in [-0.25, -0.2) is 0 Å². The molecule has 2 unspecified atom stereocenters. The first kappa shape index (κ1) is 10.2. The second-order valence-corrected chi connectivity index (χ2v) is 5.58. The van der Waals surface area contributed by atoms with Crippen molar-refractivity contribution in [3.63, 3.8) is 0 Å². The fourth-order valence-corrected chi connectivity index (χ4v) is 3.18. The van der Waals surface area contributed by atoms with Crippen molar-refractivity contribution in [1.29, 1.82) is 0 Å². The Morgan fingerprint density at radius 2 is 2.11 bits per heavy atom. The van der Waals surface area contributed by atoms with Crippen LogP contribution >= 0.6 is 0 Å². The highest BCUT2D eigenvalue weighted by Gasteiger charge is 2.26. The van der Waals surface area contributed by atoms with Crippen molar-refractivity contribution in [3.05, 3.63) is 71.0 Å². The van der Waals surface area contributed by atoms with Gasteiger partial charge in [-0.3, -0.25) is 0 Å². The number of hydrogen-bond donors (Lipinski definition) is 0. The summed E-state index contributed by atoms with van der Waals surface area (Å²) in [6.45, 7) is 0. The Labute approximate surface area is 108 Å². The third-order valence-electron chi connectivity index (χ3n) is 4.37. The topological polar surface area (TPSA) is 3.24 Å². The summed E-state index contributed by atoms with van der Waals surface area (Å²) >= 11 is 0. The van der Waals surface area contributed by atoms with Crippen molar-refractivity contribution < 1.29 is 0 Å². The lowest BCUT2D eigenvalue weighted by Gasteiger charge is -2.31. The van der Waals surface area contributed by atoms with Crippen LogP contribution in [0.15, 0.2) is 54.3 Å². The quantitative estimate of drug-likeness (QED) is 0.671. The number of nitrogens with zero attached hydrogens (tertiary/aromatic N) is 1. The Kier molecular flexibility index (Phi) is 2.05. The van der Waals surface area contributed by atoms with Crippen molar-refractivity contribution in [2.45, 2.75) is 24.8 Å². The summed E-state index contributed by atoms with van der Waals surface area (Å²) in [6, 6.07) is 7.50. The molecular weight excluding hydrogens is 218 g/mol. The van der Waals surface area contributed by atoms with Gasteiger partial charge in [-0.1, -0.05) is 36.4 Å². The van der Waals surface area contributed by atoms with Crippen molar-refractivity contribution in [2.24, 2.45) is 0 Å². The van der Waals surface area contributed by atoms with E-state index in [-0.39, 0.29) is 0 Å². The lowest BCUT2D eigenvalue weighted by atomic mass is 9.82. The van der Waals surface area contributed by atoms with E-state index in [2.05, 4.69) is 60.7 Å². The zero-order valence-corrected chi connectivity index (χ0v) is 10.6. The molecule has 0 spiro atoms. The van der Waals surface area contributed by atoms with E-state index in [1.807, 2.05) is 0 Å². The molecular formula is C17H17N. The number of allylic oxidation sites excluding steroid dienone is 4. The van der Waals surface area contributed by atoms with Gasteiger partial charge in [-0.2, -0.15) is 0 Å². The number of rotatable bonds is 1. The maximum Gasteiger partial charge on any atom is 0.0726 e. The van der Waals surface area contributed by atoms with Crippen LogP contribution in [-0.4, -0.2) is 11.9 Å². The number of fused-ring (bicyclic) bond motifs is 4. The highest BCUT2D eigenvalue weighted by Crippen LogP contribution is 2.40. The summed E-state index contributed by atoms with van der Waals surface area (Å²) < 4.78 is 0. The largest absolute Gasteiger partial charge is 0.370 e. The Morgan fingerprint density at radius 1 is 1.22 bits per heavy atom. The van der Waals surface area contributed by atoms with Crippen LogP contribution in [0.4, 0.5) is 0 Å². The van der Waals surface area contributed by atoms with E-state index >= 15 is 0 Å². The normalized spacial score (nSPS) is 27.6. The molecule has 1 aromatic carbocycles. The van der Waals surface area contributed by atoms with Gasteiger partial charge >= 0.3 is 0 Å². The number of benzene rings is 1. The first-order chi connectivity index (χ1) is 8.81. The second kappa shape index (κ2) is 3.61. The standard InChI is InChI=1S/C17H17N/c1-18-8-7-13-9-12-5-6-15(14-3-2-4-14)16(10-12)17(18)11-13/h2-3,5-8,10-11,14,17H,4,9H2,1H3. The molecule has 3 aliphatic rings. The monoisotopic (exact) mass is 235 g/mol. The molecule has 1 nitrogen and oxygen atoms in total. The SMILES string of the molecule is CN1C=CC2=CC1c1cc(ccc1C1C=CC1)C2. The molecule has 0 N–H and O–H groups in total. The molecule has 1 aromatic rings. The number of likely N-dealkylation sites (N-methyl/N-ethyl adjacent to an activating group) is 1. The van der Waals surface area contributed by atoms with Crippen molar-refractivity contribution >= 4 is 0 Å². The first-order valence-corrected chi connectivity index (χ1v) is 6.71. The molecule has 0 aromatic heterocycles. The first-order valence-electron chi connectivity index (χ1n) is 6.71. The summed E-state index contributed by atoms with van der Waals surface area (Å²) in [5.74, 6) is 0.642. The summed E-state index contributed by atoms with van der Waals surface area (Å²) in [5.41, 5.74) is 5.93. The van der Waals surface area contributed by atoms with E-state index in [0.717, 1.165) is 6.42 Å². The zero-order valence-electron chi connectivity index (χ0n) is 10.6. The number of hydrogen-bond acceptors (Lipinski definition) is 1. The Morgan fingerprint density at radius 3 is 2.89 bits per heavy atom. The van der Waals surface area contributed by atoms with Crippen molar-refractivity contribution in [1.82, 2.24) is 4.90 Å². The highest BCUT2D eigenvalue weighted by molar-refractivity contribution is 5.48. The van der Waals surface area contributed by atoms with Gasteiger partial charge in [-0.15, -0.1) is 0 Å². The fraction of sp³-hybridized carbons (Fsp3) is 0.294. The van der Waals surface area contributed by atoms with Gasteiger partial charge in [-0.05, 0) is 47.4 Å². The molecule has 0 saturated heterocycles. The molecule has 4 rings (SSSR count). The zero-order chi connectivity index (χ0) is 12.1. The minimum absolute atomic E-state index is 0.427. The molecule has 2 atom stereocenters. The molecule has 2 aliphatic carbocycles. The Bertz CT molecular complexity index is 592. The van der Waals surface area contributed by atoms with E-state index in [0.29, 0.717) is 12.0 Å². The predicted molar refractivity (Wildman–Crippen MR) is 74.4 cm³/mol. The van der Waals surface area contributed by atoms with Crippen LogP contribution in [0.1, 0.15) is 35.1 Å². The maximum atomic E-state index is 2.42. The van der Waals surface area contributed by atoms with E-state index in [1.165, 1.54) is 28.7 Å². The molecule has 1 heterocycles. The molecule has 1 aliphatic heterocycles. The average molecular weight is 235 g/mol. The summed E-state index contributed by atoms with van der Waals surface area (Å²) in [6.07, 6.45) is 13.8. The van der Waals surface area contributed by atoms with Gasteiger partial charge in [0, 0.05) is 13.0 Å². The second-order valence-electron chi connectivity index (χ2n) is 5.58. The van der Waals surface area contributed by atoms with Gasteiger partial charge < -0.3 is 4.90 Å². The fourth-order valence-electron chi connectivity index (χ4n) is 3.18. The molecule has 18 heavy (non-hydrogen) atoms. The smallest absolute Gasteiger partial charge is 0.0726 e. The van der Waals surface area contributed by atoms with E-state index in [4.69, 9.17) is 0 Å². The van der Waals surface area contributed by atoms with E-state index in [1.54, 1.807) is 0 Å². The van der Waals surface area contributed by atoms with E-state index in [9.17, 15) is 0 Å². The molecule has 0 fully saturated rings. The third-order valence-corrected chi connectivity index (χ3v) is 4.37. The summed E-state index contributed by atoms with van der Waals surface area (Å²) in [5, 5.41) is 0. The van der Waals surface area contributed by atoms with Crippen molar-refractivity contribution in [2.75, 3.05) is 7.05 Å². The van der Waals surface area contributed by atoms with Crippen LogP contribution in [0.2, 0.25) is 0 Å². The van der Waals surface area contributed by atoms with Gasteiger partial charge in [0.25, 0.3) is 0 Å². The lowest BCUT2D eigenvalue weighted by Crippen LogP contribution is -2.21. The lowest BCUT2D eigenvalue weighted by molar-refractivity contribution is 0.385. The minimum Gasteiger partial charge on any atom is -0.370 e. The van der Waals surface area contributed by atoms with Crippen LogP contribution in [-0.2, 0) is 6.42 Å². The molecule has 0 saturated carbocycles. The Hall–Kier alpha value is -1.76. The highest BCUT2D eigenvalue weighted by atomic mass is 15.1. The van der Waals surface area contributed by atoms with Gasteiger partial charge in [0.2, 0.25) is 0 Å². The van der Waals surface area contributed by atoms with Gasteiger partial charge in [0.1, 0.15) is 0 Å². The predicted octanol–water partition coefficient (Wildman–Crippen LogP) is 3.71. The van der Waals surface area contributed by atoms with Crippen LogP contribution in [0, 0.1) is 0 Å². The maximum absolute atomic E-state index is 2.42. The van der Waals surface area contributed by atoms with Crippen molar-refractivity contribution in [3.8, 4) is 0 Å². The molecule has 0 amide bonds. The molecule has 4 bridgehead atoms. The minimum atomic E-state index is 0.427. The molecule has 90 valence electrons. The van der Waals surface area contributed by atoms with Gasteiger partial charge in [0.05, 0.1) is 6.04 Å².